The van der Waals surface area contributed by atoms with Crippen molar-refractivity contribution in [2.24, 2.45) is 0 Å². The molecular formula is C47H27N5. The Hall–Kier alpha value is -7.29. The lowest BCUT2D eigenvalue weighted by Gasteiger charge is -2.16. The highest BCUT2D eigenvalue weighted by Crippen LogP contribution is 2.41. The normalized spacial score (nSPS) is 11.4. The second-order valence-electron chi connectivity index (χ2n) is 13.0. The number of benzene rings is 7. The fourth-order valence-electron chi connectivity index (χ4n) is 7.47. The summed E-state index contributed by atoms with van der Waals surface area (Å²) in [7, 11) is 0. The van der Waals surface area contributed by atoms with E-state index in [9.17, 15) is 5.26 Å². The first kappa shape index (κ1) is 29.6. The minimum absolute atomic E-state index is 0.653. The molecule has 0 radical (unpaired) electrons. The highest BCUT2D eigenvalue weighted by atomic mass is 14.9. The van der Waals surface area contributed by atoms with Gasteiger partial charge in [-0.3, -0.25) is 9.97 Å². The van der Waals surface area contributed by atoms with Gasteiger partial charge in [-0.05, 0) is 87.3 Å². The summed E-state index contributed by atoms with van der Waals surface area (Å²) in [4.78, 5) is 20.1. The summed E-state index contributed by atoms with van der Waals surface area (Å²) < 4.78 is 0. The molecule has 0 atom stereocenters. The van der Waals surface area contributed by atoms with Crippen molar-refractivity contribution in [3.8, 4) is 51.0 Å². The first-order valence-corrected chi connectivity index (χ1v) is 17.2. The van der Waals surface area contributed by atoms with Crippen molar-refractivity contribution in [3.63, 3.8) is 0 Å². The zero-order chi connectivity index (χ0) is 34.6. The third-order valence-electron chi connectivity index (χ3n) is 9.94. The lowest BCUT2D eigenvalue weighted by Crippen LogP contribution is -1.96. The number of fused-ring (bicyclic) bond motifs is 7. The maximum atomic E-state index is 9.41. The second kappa shape index (κ2) is 11.9. The average Bonchev–Trinajstić information content (AvgIpc) is 3.22. The molecule has 0 N–H and O–H groups in total. The van der Waals surface area contributed by atoms with Gasteiger partial charge in [-0.15, -0.1) is 0 Å². The summed E-state index contributed by atoms with van der Waals surface area (Å²) in [5.41, 5.74) is 10.5. The SMILES string of the molecule is N#Cc1ccc2cc(-c3cc4c5cccnc5c(-c5cccc(-c6nc(-c7ccccc7)c7ccccc7n6)c5)cc4c4cccnc34)ccc2c1. The summed E-state index contributed by atoms with van der Waals surface area (Å²) in [6.45, 7) is 0. The molecule has 0 fully saturated rings. The maximum Gasteiger partial charge on any atom is 0.160 e. The van der Waals surface area contributed by atoms with Crippen molar-refractivity contribution in [1.82, 2.24) is 19.9 Å². The quantitative estimate of drug-likeness (QED) is 0.175. The fraction of sp³-hybridized carbons (Fsp3) is 0. The van der Waals surface area contributed by atoms with E-state index >= 15 is 0 Å². The number of para-hydroxylation sites is 1. The van der Waals surface area contributed by atoms with Gasteiger partial charge >= 0.3 is 0 Å². The highest BCUT2D eigenvalue weighted by Gasteiger charge is 2.18. The highest BCUT2D eigenvalue weighted by molar-refractivity contribution is 6.22. The van der Waals surface area contributed by atoms with Gasteiger partial charge in [-0.25, -0.2) is 9.97 Å². The standard InChI is InChI=1S/C47H27N5/c48-28-29-17-18-32-24-34(20-19-31(32)23-29)40-27-42-36-14-7-21-49-45(36)39(26-41(42)37-15-8-22-50-46(37)40)33-11-6-12-35(25-33)47-51-43-16-5-4-13-38(43)44(52-47)30-9-2-1-3-10-30/h1-27H. The van der Waals surface area contributed by atoms with Crippen molar-refractivity contribution in [1.29, 1.82) is 5.26 Å². The van der Waals surface area contributed by atoms with Crippen LogP contribution in [0.3, 0.4) is 0 Å². The monoisotopic (exact) mass is 661 g/mol. The van der Waals surface area contributed by atoms with Crippen LogP contribution in [0.25, 0.3) is 99.2 Å². The zero-order valence-electron chi connectivity index (χ0n) is 27.8. The molecule has 0 bridgehead atoms. The van der Waals surface area contributed by atoms with E-state index in [2.05, 4.69) is 91.0 Å². The van der Waals surface area contributed by atoms with Crippen molar-refractivity contribution >= 4 is 54.3 Å². The summed E-state index contributed by atoms with van der Waals surface area (Å²) in [5.74, 6) is 0.677. The molecule has 0 amide bonds. The van der Waals surface area contributed by atoms with Gasteiger partial charge in [-0.2, -0.15) is 5.26 Å². The van der Waals surface area contributed by atoms with Crippen molar-refractivity contribution < 1.29 is 0 Å². The number of hydrogen-bond donors (Lipinski definition) is 0. The number of nitrogens with zero attached hydrogens (tertiary/aromatic N) is 5. The summed E-state index contributed by atoms with van der Waals surface area (Å²) in [5, 5.41) is 16.9. The zero-order valence-corrected chi connectivity index (χ0v) is 27.8. The molecule has 5 heteroatoms. The Kier molecular flexibility index (Phi) is 6.80. The Balaban J connectivity index is 1.18. The van der Waals surface area contributed by atoms with Gasteiger partial charge in [0.2, 0.25) is 0 Å². The molecule has 240 valence electrons. The van der Waals surface area contributed by atoms with Crippen LogP contribution in [0.15, 0.2) is 164 Å². The van der Waals surface area contributed by atoms with Gasteiger partial charge in [-0.1, -0.05) is 97.1 Å². The molecule has 0 spiro atoms. The fourth-order valence-corrected chi connectivity index (χ4v) is 7.47. The number of nitriles is 1. The second-order valence-corrected chi connectivity index (χ2v) is 13.0. The van der Waals surface area contributed by atoms with Crippen LogP contribution >= 0.6 is 0 Å². The minimum Gasteiger partial charge on any atom is -0.256 e. The molecule has 7 aromatic carbocycles. The van der Waals surface area contributed by atoms with Gasteiger partial charge in [0.1, 0.15) is 0 Å². The van der Waals surface area contributed by atoms with Crippen LogP contribution < -0.4 is 0 Å². The summed E-state index contributed by atoms with van der Waals surface area (Å²) in [6.07, 6.45) is 3.72. The summed E-state index contributed by atoms with van der Waals surface area (Å²) in [6, 6.07) is 54.3. The lowest BCUT2D eigenvalue weighted by atomic mass is 9.90. The molecule has 5 nitrogen and oxygen atoms in total. The number of aromatic nitrogens is 4. The molecule has 0 saturated carbocycles. The van der Waals surface area contributed by atoms with Crippen LogP contribution in [0.5, 0.6) is 0 Å². The maximum absolute atomic E-state index is 9.41. The molecule has 52 heavy (non-hydrogen) atoms. The predicted molar refractivity (Wildman–Crippen MR) is 212 cm³/mol. The van der Waals surface area contributed by atoms with Crippen molar-refractivity contribution in [2.75, 3.05) is 0 Å². The molecule has 0 saturated heterocycles. The van der Waals surface area contributed by atoms with E-state index in [1.54, 1.807) is 0 Å². The first-order chi connectivity index (χ1) is 25.7. The van der Waals surface area contributed by atoms with Gasteiger partial charge in [0.05, 0.1) is 33.9 Å². The number of pyridine rings is 2. The van der Waals surface area contributed by atoms with Gasteiger partial charge in [0.15, 0.2) is 5.82 Å². The number of hydrogen-bond acceptors (Lipinski definition) is 5. The third kappa shape index (κ3) is 4.86. The Morgan fingerprint density at radius 3 is 1.79 bits per heavy atom. The Morgan fingerprint density at radius 1 is 0.423 bits per heavy atom. The molecule has 10 aromatic rings. The van der Waals surface area contributed by atoms with Gasteiger partial charge in [0.25, 0.3) is 0 Å². The van der Waals surface area contributed by atoms with Gasteiger partial charge in [0, 0.05) is 50.8 Å². The first-order valence-electron chi connectivity index (χ1n) is 17.2. The molecule has 0 aliphatic carbocycles. The van der Waals surface area contributed by atoms with E-state index in [1.165, 1.54) is 0 Å². The van der Waals surface area contributed by atoms with Crippen molar-refractivity contribution in [2.45, 2.75) is 0 Å². The van der Waals surface area contributed by atoms with E-state index in [4.69, 9.17) is 19.9 Å². The van der Waals surface area contributed by atoms with Crippen LogP contribution in [0, 0.1) is 11.3 Å². The van der Waals surface area contributed by atoms with E-state index < -0.39 is 0 Å². The van der Waals surface area contributed by atoms with Crippen LogP contribution in [-0.2, 0) is 0 Å². The Morgan fingerprint density at radius 2 is 1.04 bits per heavy atom. The number of rotatable bonds is 4. The molecule has 0 unspecified atom stereocenters. The Labute approximate surface area is 299 Å². The van der Waals surface area contributed by atoms with E-state index in [1.807, 2.05) is 79.1 Å². The van der Waals surface area contributed by atoms with E-state index in [0.29, 0.717) is 11.4 Å². The molecule has 3 aromatic heterocycles. The predicted octanol–water partition coefficient (Wildman–Crippen LogP) is 11.6. The van der Waals surface area contributed by atoms with Crippen LogP contribution in [0.2, 0.25) is 0 Å². The molecule has 0 aliphatic rings. The van der Waals surface area contributed by atoms with Gasteiger partial charge < -0.3 is 0 Å². The summed E-state index contributed by atoms with van der Waals surface area (Å²) >= 11 is 0. The van der Waals surface area contributed by atoms with Crippen LogP contribution in [0.1, 0.15) is 5.56 Å². The third-order valence-corrected chi connectivity index (χ3v) is 9.94. The molecule has 3 heterocycles. The molecule has 0 aliphatic heterocycles. The smallest absolute Gasteiger partial charge is 0.160 e. The van der Waals surface area contributed by atoms with Crippen molar-refractivity contribution in [3.05, 3.63) is 170 Å². The van der Waals surface area contributed by atoms with Crippen LogP contribution in [-0.4, -0.2) is 19.9 Å². The van der Waals surface area contributed by atoms with Crippen LogP contribution in [0.4, 0.5) is 0 Å². The largest absolute Gasteiger partial charge is 0.256 e. The molecule has 10 rings (SSSR count). The topological polar surface area (TPSA) is 75.3 Å². The lowest BCUT2D eigenvalue weighted by molar-refractivity contribution is 1.23. The molecular weight excluding hydrogens is 635 g/mol. The van der Waals surface area contributed by atoms with E-state index in [-0.39, 0.29) is 0 Å². The average molecular weight is 662 g/mol. The van der Waals surface area contributed by atoms with E-state index in [0.717, 1.165) is 93.3 Å². The Bertz CT molecular complexity index is 3090. The minimum atomic E-state index is 0.653.